The summed E-state index contributed by atoms with van der Waals surface area (Å²) in [6.45, 7) is 2.64. The lowest BCUT2D eigenvalue weighted by Gasteiger charge is -2.36. The van der Waals surface area contributed by atoms with Crippen molar-refractivity contribution in [2.75, 3.05) is 19.6 Å². The summed E-state index contributed by atoms with van der Waals surface area (Å²) in [6, 6.07) is 10.4. The monoisotopic (exact) mass is 230 g/mol. The Bertz CT molecular complexity index is 409. The second kappa shape index (κ2) is 4.15. The number of rotatable bonds is 1. The molecule has 0 bridgehead atoms. The molecule has 90 valence electrons. The summed E-state index contributed by atoms with van der Waals surface area (Å²) in [6.07, 6.45) is 2.10. The Balaban J connectivity index is 1.96. The van der Waals surface area contributed by atoms with E-state index in [4.69, 9.17) is 0 Å². The van der Waals surface area contributed by atoms with E-state index >= 15 is 0 Å². The molecular formula is C14H18N2O. The van der Waals surface area contributed by atoms with Crippen molar-refractivity contribution in [1.29, 1.82) is 0 Å². The third-order valence-electron chi connectivity index (χ3n) is 4.20. The lowest BCUT2D eigenvalue weighted by Crippen LogP contribution is -2.47. The highest BCUT2D eigenvalue weighted by atomic mass is 16.2. The van der Waals surface area contributed by atoms with Crippen molar-refractivity contribution in [3.05, 3.63) is 35.9 Å². The molecule has 1 aromatic carbocycles. The minimum absolute atomic E-state index is 0.209. The largest absolute Gasteiger partial charge is 0.355 e. The summed E-state index contributed by atoms with van der Waals surface area (Å²) in [4.78, 5) is 12.2. The van der Waals surface area contributed by atoms with Crippen molar-refractivity contribution < 1.29 is 4.79 Å². The van der Waals surface area contributed by atoms with Gasteiger partial charge in [-0.05, 0) is 24.9 Å². The van der Waals surface area contributed by atoms with Gasteiger partial charge in [-0.1, -0.05) is 30.3 Å². The molecule has 0 aromatic heterocycles. The van der Waals surface area contributed by atoms with E-state index in [9.17, 15) is 4.79 Å². The summed E-state index contributed by atoms with van der Waals surface area (Å²) in [5, 5.41) is 6.44. The average Bonchev–Trinajstić information content (AvgIpc) is 2.69. The van der Waals surface area contributed by atoms with E-state index in [0.29, 0.717) is 5.92 Å². The Morgan fingerprint density at radius 3 is 2.76 bits per heavy atom. The van der Waals surface area contributed by atoms with Crippen LogP contribution in [0.2, 0.25) is 0 Å². The van der Waals surface area contributed by atoms with Gasteiger partial charge < -0.3 is 10.6 Å². The summed E-state index contributed by atoms with van der Waals surface area (Å²) >= 11 is 0. The third-order valence-corrected chi connectivity index (χ3v) is 4.20. The number of hydrogen-bond donors (Lipinski definition) is 2. The van der Waals surface area contributed by atoms with Gasteiger partial charge in [-0.25, -0.2) is 0 Å². The molecule has 2 heterocycles. The normalized spacial score (nSPS) is 32.7. The van der Waals surface area contributed by atoms with Crippen molar-refractivity contribution in [3.8, 4) is 0 Å². The lowest BCUT2D eigenvalue weighted by molar-refractivity contribution is -0.129. The van der Waals surface area contributed by atoms with Gasteiger partial charge in [0.15, 0.2) is 0 Å². The predicted molar refractivity (Wildman–Crippen MR) is 66.7 cm³/mol. The van der Waals surface area contributed by atoms with Crippen LogP contribution >= 0.6 is 0 Å². The smallest absolute Gasteiger partial charge is 0.228 e. The second-order valence-corrected chi connectivity index (χ2v) is 5.11. The van der Waals surface area contributed by atoms with Crippen LogP contribution in [0.4, 0.5) is 0 Å². The Labute approximate surface area is 102 Å². The first-order valence-electron chi connectivity index (χ1n) is 6.37. The van der Waals surface area contributed by atoms with E-state index in [2.05, 4.69) is 34.9 Å². The van der Waals surface area contributed by atoms with E-state index < -0.39 is 0 Å². The zero-order valence-corrected chi connectivity index (χ0v) is 9.91. The minimum atomic E-state index is -0.209. The standard InChI is InChI=1S/C14H18N2O/c17-13-14(7-4-8-15-10-14)12(9-16-13)11-5-2-1-3-6-11/h1-3,5-6,12,15H,4,7-10H2,(H,16,17)/t12-,14-/m1/s1. The van der Waals surface area contributed by atoms with Gasteiger partial charge in [0, 0.05) is 19.0 Å². The third kappa shape index (κ3) is 1.65. The molecular weight excluding hydrogens is 212 g/mol. The molecule has 0 saturated carbocycles. The first kappa shape index (κ1) is 10.8. The van der Waals surface area contributed by atoms with Gasteiger partial charge in [0.2, 0.25) is 5.91 Å². The van der Waals surface area contributed by atoms with Crippen LogP contribution in [0.15, 0.2) is 30.3 Å². The molecule has 1 spiro atoms. The number of piperidine rings is 1. The SMILES string of the molecule is O=C1NC[C@H](c2ccccc2)[C@]12CCCNC2. The summed E-state index contributed by atoms with van der Waals surface area (Å²) < 4.78 is 0. The van der Waals surface area contributed by atoms with Gasteiger partial charge in [-0.15, -0.1) is 0 Å². The lowest BCUT2D eigenvalue weighted by atomic mass is 9.69. The predicted octanol–water partition coefficient (Wildman–Crippen LogP) is 1.27. The van der Waals surface area contributed by atoms with Crippen molar-refractivity contribution in [2.24, 2.45) is 5.41 Å². The molecule has 2 aliphatic rings. The maximum Gasteiger partial charge on any atom is 0.228 e. The fourth-order valence-corrected chi connectivity index (χ4v) is 3.27. The maximum atomic E-state index is 12.2. The van der Waals surface area contributed by atoms with Crippen LogP contribution < -0.4 is 10.6 Å². The Hall–Kier alpha value is -1.35. The molecule has 1 amide bonds. The van der Waals surface area contributed by atoms with Gasteiger partial charge in [0.05, 0.1) is 5.41 Å². The summed E-state index contributed by atoms with van der Waals surface area (Å²) in [7, 11) is 0. The average molecular weight is 230 g/mol. The van der Waals surface area contributed by atoms with Gasteiger partial charge in [-0.2, -0.15) is 0 Å². The highest BCUT2D eigenvalue weighted by Gasteiger charge is 2.50. The Morgan fingerprint density at radius 1 is 1.24 bits per heavy atom. The first-order valence-corrected chi connectivity index (χ1v) is 6.37. The van der Waals surface area contributed by atoms with E-state index in [0.717, 1.165) is 32.5 Å². The molecule has 0 aliphatic carbocycles. The number of carbonyl (C=O) groups excluding carboxylic acids is 1. The number of benzene rings is 1. The number of hydrogen-bond acceptors (Lipinski definition) is 2. The topological polar surface area (TPSA) is 41.1 Å². The van der Waals surface area contributed by atoms with Crippen molar-refractivity contribution in [2.45, 2.75) is 18.8 Å². The fourth-order valence-electron chi connectivity index (χ4n) is 3.27. The van der Waals surface area contributed by atoms with Crippen LogP contribution in [-0.2, 0) is 4.79 Å². The highest BCUT2D eigenvalue weighted by Crippen LogP contribution is 2.44. The van der Waals surface area contributed by atoms with E-state index in [1.807, 2.05) is 6.07 Å². The molecule has 2 N–H and O–H groups in total. The van der Waals surface area contributed by atoms with Gasteiger partial charge >= 0.3 is 0 Å². The van der Waals surface area contributed by atoms with E-state index in [-0.39, 0.29) is 11.3 Å². The van der Waals surface area contributed by atoms with Gasteiger partial charge in [0.25, 0.3) is 0 Å². The molecule has 0 radical (unpaired) electrons. The molecule has 1 aromatic rings. The molecule has 17 heavy (non-hydrogen) atoms. The van der Waals surface area contributed by atoms with Crippen molar-refractivity contribution in [1.82, 2.24) is 10.6 Å². The molecule has 2 saturated heterocycles. The summed E-state index contributed by atoms with van der Waals surface area (Å²) in [5.41, 5.74) is 1.08. The zero-order valence-electron chi connectivity index (χ0n) is 9.91. The van der Waals surface area contributed by atoms with Gasteiger partial charge in [-0.3, -0.25) is 4.79 Å². The number of amides is 1. The van der Waals surface area contributed by atoms with Crippen molar-refractivity contribution in [3.63, 3.8) is 0 Å². The minimum Gasteiger partial charge on any atom is -0.355 e. The van der Waals surface area contributed by atoms with Crippen LogP contribution in [-0.4, -0.2) is 25.5 Å². The Morgan fingerprint density at radius 2 is 2.06 bits per heavy atom. The fraction of sp³-hybridized carbons (Fsp3) is 0.500. The number of nitrogens with one attached hydrogen (secondary N) is 2. The quantitative estimate of drug-likeness (QED) is 0.763. The van der Waals surface area contributed by atoms with E-state index in [1.54, 1.807) is 0 Å². The molecule has 2 aliphatic heterocycles. The van der Waals surface area contributed by atoms with Crippen LogP contribution in [0, 0.1) is 5.41 Å². The van der Waals surface area contributed by atoms with E-state index in [1.165, 1.54) is 5.56 Å². The molecule has 0 unspecified atom stereocenters. The maximum absolute atomic E-state index is 12.2. The molecule has 3 nitrogen and oxygen atoms in total. The molecule has 3 rings (SSSR count). The van der Waals surface area contributed by atoms with Gasteiger partial charge in [0.1, 0.15) is 0 Å². The number of carbonyl (C=O) groups is 1. The molecule has 3 heteroatoms. The zero-order chi connectivity index (χ0) is 11.7. The summed E-state index contributed by atoms with van der Waals surface area (Å²) in [5.74, 6) is 0.558. The van der Waals surface area contributed by atoms with Crippen molar-refractivity contribution >= 4 is 5.91 Å². The molecule has 2 atom stereocenters. The van der Waals surface area contributed by atoms with Crippen LogP contribution in [0.3, 0.4) is 0 Å². The highest BCUT2D eigenvalue weighted by molar-refractivity contribution is 5.87. The van der Waals surface area contributed by atoms with Crippen LogP contribution in [0.25, 0.3) is 0 Å². The molecule has 2 fully saturated rings. The van der Waals surface area contributed by atoms with Crippen LogP contribution in [0.5, 0.6) is 0 Å². The van der Waals surface area contributed by atoms with Crippen LogP contribution in [0.1, 0.15) is 24.3 Å². The Kier molecular flexibility index (Phi) is 2.63. The second-order valence-electron chi connectivity index (χ2n) is 5.11. The first-order chi connectivity index (χ1) is 8.33.